The molecule has 0 radical (unpaired) electrons. The number of nitrogens with zero attached hydrogens (tertiary/aromatic N) is 1. The second kappa shape index (κ2) is 3.16. The third kappa shape index (κ3) is 1.16. The molecular formula is C13H15N. The molecule has 0 unspecified atom stereocenters. The number of para-hydroxylation sites is 1. The van der Waals surface area contributed by atoms with Crippen LogP contribution in [0.3, 0.4) is 0 Å². The zero-order valence-corrected chi connectivity index (χ0v) is 8.26. The van der Waals surface area contributed by atoms with Gasteiger partial charge in [0.25, 0.3) is 0 Å². The molecule has 2 aliphatic rings. The average Bonchev–Trinajstić information content (AvgIpc) is 2.50. The Labute approximate surface area is 85.0 Å². The van der Waals surface area contributed by atoms with Crippen LogP contribution in [0.1, 0.15) is 19.3 Å². The van der Waals surface area contributed by atoms with Crippen molar-refractivity contribution in [1.29, 1.82) is 0 Å². The zero-order valence-electron chi connectivity index (χ0n) is 8.26. The topological polar surface area (TPSA) is 3.24 Å². The van der Waals surface area contributed by atoms with Crippen LogP contribution < -0.4 is 4.90 Å². The van der Waals surface area contributed by atoms with Crippen LogP contribution in [0.5, 0.6) is 0 Å². The Morgan fingerprint density at radius 3 is 2.71 bits per heavy atom. The summed E-state index contributed by atoms with van der Waals surface area (Å²) in [6, 6.07) is 12.2. The summed E-state index contributed by atoms with van der Waals surface area (Å²) >= 11 is 0. The molecule has 0 aliphatic carbocycles. The van der Waals surface area contributed by atoms with E-state index in [4.69, 9.17) is 0 Å². The van der Waals surface area contributed by atoms with Crippen LogP contribution in [0.2, 0.25) is 0 Å². The average molecular weight is 185 g/mol. The highest BCUT2D eigenvalue weighted by atomic mass is 15.2. The van der Waals surface area contributed by atoms with E-state index in [-0.39, 0.29) is 0 Å². The molecule has 72 valence electrons. The normalized spacial score (nSPS) is 29.6. The highest BCUT2D eigenvalue weighted by molar-refractivity contribution is 5.51. The molecule has 1 heteroatoms. The maximum absolute atomic E-state index is 2.58. The van der Waals surface area contributed by atoms with Crippen molar-refractivity contribution >= 4 is 5.69 Å². The lowest BCUT2D eigenvalue weighted by Gasteiger charge is -2.33. The molecule has 1 aromatic carbocycles. The molecule has 0 spiro atoms. The zero-order chi connectivity index (χ0) is 9.38. The van der Waals surface area contributed by atoms with Gasteiger partial charge in [-0.2, -0.15) is 0 Å². The Kier molecular flexibility index (Phi) is 1.83. The van der Waals surface area contributed by atoms with Gasteiger partial charge in [-0.1, -0.05) is 30.4 Å². The fraction of sp³-hybridized carbons (Fsp3) is 0.385. The molecule has 2 heterocycles. The van der Waals surface area contributed by atoms with E-state index in [9.17, 15) is 0 Å². The molecule has 2 bridgehead atoms. The summed E-state index contributed by atoms with van der Waals surface area (Å²) in [5, 5.41) is 0. The van der Waals surface area contributed by atoms with Crippen LogP contribution in [-0.2, 0) is 0 Å². The Morgan fingerprint density at radius 2 is 1.93 bits per heavy atom. The van der Waals surface area contributed by atoms with Crippen molar-refractivity contribution in [1.82, 2.24) is 0 Å². The minimum atomic E-state index is 0.663. The number of rotatable bonds is 1. The lowest BCUT2D eigenvalue weighted by Crippen LogP contribution is -2.37. The summed E-state index contributed by atoms with van der Waals surface area (Å²) in [4.78, 5) is 2.58. The molecule has 1 nitrogen and oxygen atoms in total. The summed E-state index contributed by atoms with van der Waals surface area (Å²) in [7, 11) is 0. The van der Waals surface area contributed by atoms with E-state index in [1.54, 1.807) is 0 Å². The highest BCUT2D eigenvalue weighted by Gasteiger charge is 2.33. The number of hydrogen-bond acceptors (Lipinski definition) is 1. The van der Waals surface area contributed by atoms with Crippen molar-refractivity contribution in [3.05, 3.63) is 42.5 Å². The lowest BCUT2D eigenvalue weighted by atomic mass is 10.1. The van der Waals surface area contributed by atoms with Crippen LogP contribution in [0.4, 0.5) is 5.69 Å². The summed E-state index contributed by atoms with van der Waals surface area (Å²) < 4.78 is 0. The van der Waals surface area contributed by atoms with Gasteiger partial charge in [-0.15, -0.1) is 0 Å². The van der Waals surface area contributed by atoms with E-state index in [0.717, 1.165) is 6.04 Å². The fourth-order valence-electron chi connectivity index (χ4n) is 2.73. The molecule has 0 amide bonds. The molecule has 2 aliphatic heterocycles. The van der Waals surface area contributed by atoms with Crippen LogP contribution in [-0.4, -0.2) is 12.1 Å². The quantitative estimate of drug-likeness (QED) is 0.608. The smallest absolute Gasteiger partial charge is 0.0477 e. The van der Waals surface area contributed by atoms with E-state index < -0.39 is 0 Å². The first kappa shape index (κ1) is 8.10. The summed E-state index contributed by atoms with van der Waals surface area (Å²) in [6.45, 7) is 0. The molecule has 3 rings (SSSR count). The molecule has 1 aromatic rings. The minimum Gasteiger partial charge on any atom is -0.362 e. The predicted molar refractivity (Wildman–Crippen MR) is 59.5 cm³/mol. The van der Waals surface area contributed by atoms with Crippen molar-refractivity contribution in [3.8, 4) is 0 Å². The maximum Gasteiger partial charge on any atom is 0.0477 e. The van der Waals surface area contributed by atoms with Gasteiger partial charge in [0.2, 0.25) is 0 Å². The molecule has 2 atom stereocenters. The summed E-state index contributed by atoms with van der Waals surface area (Å²) in [6.07, 6.45) is 8.63. The first-order chi connectivity index (χ1) is 6.95. The van der Waals surface area contributed by atoms with Gasteiger partial charge >= 0.3 is 0 Å². The van der Waals surface area contributed by atoms with E-state index >= 15 is 0 Å². The van der Waals surface area contributed by atoms with Gasteiger partial charge in [-0.3, -0.25) is 0 Å². The van der Waals surface area contributed by atoms with Gasteiger partial charge < -0.3 is 4.90 Å². The Balaban J connectivity index is 1.96. The molecular weight excluding hydrogens is 170 g/mol. The van der Waals surface area contributed by atoms with Crippen LogP contribution >= 0.6 is 0 Å². The largest absolute Gasteiger partial charge is 0.362 e. The van der Waals surface area contributed by atoms with Gasteiger partial charge in [0.15, 0.2) is 0 Å². The SMILES string of the molecule is C1=C[C@H]2CC[C@@H](C1)N2c1ccccc1. The van der Waals surface area contributed by atoms with E-state index in [1.165, 1.54) is 24.9 Å². The fourth-order valence-corrected chi connectivity index (χ4v) is 2.73. The van der Waals surface area contributed by atoms with Crippen molar-refractivity contribution in [3.63, 3.8) is 0 Å². The predicted octanol–water partition coefficient (Wildman–Crippen LogP) is 2.98. The highest BCUT2D eigenvalue weighted by Crippen LogP contribution is 2.35. The summed E-state index contributed by atoms with van der Waals surface area (Å²) in [5.74, 6) is 0. The van der Waals surface area contributed by atoms with Crippen molar-refractivity contribution in [2.45, 2.75) is 31.3 Å². The number of anilines is 1. The number of hydrogen-bond donors (Lipinski definition) is 0. The van der Waals surface area contributed by atoms with Crippen LogP contribution in [0.25, 0.3) is 0 Å². The van der Waals surface area contributed by atoms with Gasteiger partial charge in [-0.25, -0.2) is 0 Å². The summed E-state index contributed by atoms with van der Waals surface area (Å²) in [5.41, 5.74) is 1.39. The van der Waals surface area contributed by atoms with E-state index in [1.807, 2.05) is 0 Å². The van der Waals surface area contributed by atoms with Gasteiger partial charge in [0.05, 0.1) is 0 Å². The molecule has 0 aromatic heterocycles. The molecule has 1 fully saturated rings. The first-order valence-corrected chi connectivity index (χ1v) is 5.45. The van der Waals surface area contributed by atoms with E-state index in [2.05, 4.69) is 47.4 Å². The Morgan fingerprint density at radius 1 is 1.07 bits per heavy atom. The number of benzene rings is 1. The second-order valence-corrected chi connectivity index (χ2v) is 4.21. The monoisotopic (exact) mass is 185 g/mol. The van der Waals surface area contributed by atoms with Crippen LogP contribution in [0, 0.1) is 0 Å². The van der Waals surface area contributed by atoms with Gasteiger partial charge in [0, 0.05) is 17.8 Å². The first-order valence-electron chi connectivity index (χ1n) is 5.45. The Hall–Kier alpha value is -1.24. The molecule has 0 saturated carbocycles. The van der Waals surface area contributed by atoms with Crippen molar-refractivity contribution in [2.24, 2.45) is 0 Å². The molecule has 0 N–H and O–H groups in total. The molecule has 14 heavy (non-hydrogen) atoms. The lowest BCUT2D eigenvalue weighted by molar-refractivity contribution is 0.649. The third-order valence-corrected chi connectivity index (χ3v) is 3.37. The van der Waals surface area contributed by atoms with Crippen molar-refractivity contribution in [2.75, 3.05) is 4.90 Å². The standard InChI is InChI=1S/C13H15N/c1-2-5-11(6-3-1)14-12-7-4-8-13(14)10-9-12/h1-7,12-13H,8-10H2/t12-,13+/m0/s1. The van der Waals surface area contributed by atoms with Gasteiger partial charge in [0.1, 0.15) is 0 Å². The van der Waals surface area contributed by atoms with Gasteiger partial charge in [-0.05, 0) is 31.4 Å². The third-order valence-electron chi connectivity index (χ3n) is 3.37. The maximum atomic E-state index is 2.58. The Bertz CT molecular complexity index is 342. The molecule has 1 saturated heterocycles. The van der Waals surface area contributed by atoms with Crippen LogP contribution in [0.15, 0.2) is 42.5 Å². The number of fused-ring (bicyclic) bond motifs is 2. The second-order valence-electron chi connectivity index (χ2n) is 4.21. The van der Waals surface area contributed by atoms with Crippen molar-refractivity contribution < 1.29 is 0 Å². The van der Waals surface area contributed by atoms with E-state index in [0.29, 0.717) is 6.04 Å². The minimum absolute atomic E-state index is 0.663.